The van der Waals surface area contributed by atoms with Crippen molar-refractivity contribution < 1.29 is 9.59 Å². The number of nitrogens with two attached hydrogens (primary N) is 1. The van der Waals surface area contributed by atoms with Crippen LogP contribution in [0.3, 0.4) is 0 Å². The lowest BCUT2D eigenvalue weighted by Crippen LogP contribution is -2.31. The second-order valence-electron chi connectivity index (χ2n) is 4.09. The average molecular weight is 264 g/mol. The van der Waals surface area contributed by atoms with Crippen molar-refractivity contribution in [2.45, 2.75) is 26.7 Å². The van der Waals surface area contributed by atoms with Gasteiger partial charge in [0.05, 0.1) is 11.9 Å². The van der Waals surface area contributed by atoms with Crippen LogP contribution in [0.5, 0.6) is 0 Å². The van der Waals surface area contributed by atoms with Gasteiger partial charge in [-0.05, 0) is 26.0 Å². The van der Waals surface area contributed by atoms with E-state index in [9.17, 15) is 9.59 Å². The van der Waals surface area contributed by atoms with Crippen molar-refractivity contribution in [3.63, 3.8) is 0 Å². The van der Waals surface area contributed by atoms with Crippen molar-refractivity contribution in [1.29, 1.82) is 0 Å². The number of hydrogen-bond acceptors (Lipinski definition) is 4. The van der Waals surface area contributed by atoms with Crippen molar-refractivity contribution in [3.8, 4) is 0 Å². The first-order valence-electron chi connectivity index (χ1n) is 6.36. The molecule has 6 nitrogen and oxygen atoms in total. The van der Waals surface area contributed by atoms with Gasteiger partial charge in [-0.25, -0.2) is 4.98 Å². The Labute approximate surface area is 113 Å². The van der Waals surface area contributed by atoms with Crippen LogP contribution in [-0.4, -0.2) is 34.8 Å². The molecule has 1 aromatic heterocycles. The molecule has 0 spiro atoms. The lowest BCUT2D eigenvalue weighted by molar-refractivity contribution is -0.132. The van der Waals surface area contributed by atoms with Gasteiger partial charge in [-0.2, -0.15) is 0 Å². The molecule has 6 heteroatoms. The third kappa shape index (κ3) is 4.95. The minimum atomic E-state index is -0.202. The summed E-state index contributed by atoms with van der Waals surface area (Å²) < 4.78 is 0. The van der Waals surface area contributed by atoms with Crippen LogP contribution in [0.25, 0.3) is 0 Å². The maximum atomic E-state index is 11.7. The van der Waals surface area contributed by atoms with E-state index in [0.717, 1.165) is 0 Å². The fourth-order valence-electron chi connectivity index (χ4n) is 1.66. The molecule has 1 rings (SSSR count). The van der Waals surface area contributed by atoms with E-state index < -0.39 is 0 Å². The summed E-state index contributed by atoms with van der Waals surface area (Å²) in [4.78, 5) is 29.0. The fourth-order valence-corrected chi connectivity index (χ4v) is 1.66. The van der Waals surface area contributed by atoms with Gasteiger partial charge in [0, 0.05) is 25.9 Å². The monoisotopic (exact) mass is 264 g/mol. The molecule has 0 fully saturated rings. The van der Waals surface area contributed by atoms with E-state index in [2.05, 4.69) is 10.3 Å². The second-order valence-corrected chi connectivity index (χ2v) is 4.09. The second kappa shape index (κ2) is 7.35. The predicted octanol–water partition coefficient (Wildman–Crippen LogP) is 1.25. The van der Waals surface area contributed by atoms with Crippen molar-refractivity contribution in [2.24, 2.45) is 0 Å². The summed E-state index contributed by atoms with van der Waals surface area (Å²) in [5, 5.41) is 2.67. The standard InChI is InChI=1S/C13H20N4O2/c1-3-17(4-2)13(19)8-7-12(18)16-10-5-6-11(14)15-9-10/h5-6,9H,3-4,7-8H2,1-2H3,(H2,14,15)(H,16,18). The topological polar surface area (TPSA) is 88.3 Å². The zero-order chi connectivity index (χ0) is 14.3. The number of anilines is 2. The molecule has 0 unspecified atom stereocenters. The molecule has 1 heterocycles. The summed E-state index contributed by atoms with van der Waals surface area (Å²) in [6.45, 7) is 5.17. The molecule has 1 aromatic rings. The summed E-state index contributed by atoms with van der Waals surface area (Å²) in [6, 6.07) is 3.28. The minimum absolute atomic E-state index is 0.00409. The van der Waals surface area contributed by atoms with Gasteiger partial charge in [0.2, 0.25) is 11.8 Å². The zero-order valence-corrected chi connectivity index (χ0v) is 11.3. The fraction of sp³-hybridized carbons (Fsp3) is 0.462. The Bertz CT molecular complexity index is 427. The van der Waals surface area contributed by atoms with Gasteiger partial charge in [0.15, 0.2) is 0 Å². The van der Waals surface area contributed by atoms with Crippen LogP contribution in [0.4, 0.5) is 11.5 Å². The highest BCUT2D eigenvalue weighted by Gasteiger charge is 2.12. The predicted molar refractivity (Wildman–Crippen MR) is 74.4 cm³/mol. The molecule has 19 heavy (non-hydrogen) atoms. The first-order valence-corrected chi connectivity index (χ1v) is 6.36. The summed E-state index contributed by atoms with van der Waals surface area (Å²) in [7, 11) is 0. The van der Waals surface area contributed by atoms with Gasteiger partial charge in [-0.15, -0.1) is 0 Å². The molecule has 0 saturated heterocycles. The third-order valence-corrected chi connectivity index (χ3v) is 2.75. The Kier molecular flexibility index (Phi) is 5.78. The maximum Gasteiger partial charge on any atom is 0.224 e. The number of pyridine rings is 1. The van der Waals surface area contributed by atoms with Crippen LogP contribution in [0, 0.1) is 0 Å². The Morgan fingerprint density at radius 3 is 2.47 bits per heavy atom. The van der Waals surface area contributed by atoms with E-state index in [-0.39, 0.29) is 24.7 Å². The first-order chi connectivity index (χ1) is 9.06. The van der Waals surface area contributed by atoms with Gasteiger partial charge in [-0.3, -0.25) is 9.59 Å². The highest BCUT2D eigenvalue weighted by atomic mass is 16.2. The molecule has 0 atom stereocenters. The maximum absolute atomic E-state index is 11.7. The van der Waals surface area contributed by atoms with Crippen LogP contribution in [-0.2, 0) is 9.59 Å². The number of nitrogen functional groups attached to an aromatic ring is 1. The lowest BCUT2D eigenvalue weighted by Gasteiger charge is -2.18. The summed E-state index contributed by atoms with van der Waals surface area (Å²) >= 11 is 0. The van der Waals surface area contributed by atoms with Gasteiger partial charge in [-0.1, -0.05) is 0 Å². The smallest absolute Gasteiger partial charge is 0.224 e. The molecule has 0 aliphatic rings. The molecule has 0 aromatic carbocycles. The van der Waals surface area contributed by atoms with E-state index in [0.29, 0.717) is 24.6 Å². The first kappa shape index (κ1) is 14.9. The number of aromatic nitrogens is 1. The molecule has 0 bridgehead atoms. The average Bonchev–Trinajstić information content (AvgIpc) is 2.40. The van der Waals surface area contributed by atoms with Crippen LogP contribution < -0.4 is 11.1 Å². The number of nitrogens with zero attached hydrogens (tertiary/aromatic N) is 2. The summed E-state index contributed by atoms with van der Waals surface area (Å²) in [5.41, 5.74) is 6.02. The van der Waals surface area contributed by atoms with Gasteiger partial charge >= 0.3 is 0 Å². The van der Waals surface area contributed by atoms with E-state index in [4.69, 9.17) is 5.73 Å². The van der Waals surface area contributed by atoms with Crippen LogP contribution in [0.1, 0.15) is 26.7 Å². The molecule has 0 aliphatic carbocycles. The molecule has 0 aliphatic heterocycles. The van der Waals surface area contributed by atoms with E-state index in [1.807, 2.05) is 13.8 Å². The number of carbonyl (C=O) groups is 2. The van der Waals surface area contributed by atoms with Crippen LogP contribution in [0.15, 0.2) is 18.3 Å². The SMILES string of the molecule is CCN(CC)C(=O)CCC(=O)Nc1ccc(N)nc1. The summed E-state index contributed by atoms with van der Waals surface area (Å²) in [6.07, 6.45) is 1.87. The van der Waals surface area contributed by atoms with E-state index >= 15 is 0 Å². The lowest BCUT2D eigenvalue weighted by atomic mass is 10.2. The molecular formula is C13H20N4O2. The van der Waals surface area contributed by atoms with Gasteiger partial charge < -0.3 is 16.0 Å². The summed E-state index contributed by atoms with van der Waals surface area (Å²) in [5.74, 6) is 0.192. The van der Waals surface area contributed by atoms with E-state index in [1.54, 1.807) is 17.0 Å². The number of nitrogens with one attached hydrogen (secondary N) is 1. The zero-order valence-electron chi connectivity index (χ0n) is 11.3. The Morgan fingerprint density at radius 1 is 1.26 bits per heavy atom. The van der Waals surface area contributed by atoms with Crippen molar-refractivity contribution >= 4 is 23.3 Å². The molecule has 2 amide bonds. The van der Waals surface area contributed by atoms with Crippen LogP contribution in [0.2, 0.25) is 0 Å². The highest BCUT2D eigenvalue weighted by molar-refractivity contribution is 5.93. The normalized spacial score (nSPS) is 10.0. The number of hydrogen-bond donors (Lipinski definition) is 2. The minimum Gasteiger partial charge on any atom is -0.384 e. The quantitative estimate of drug-likeness (QED) is 0.809. The molecule has 104 valence electrons. The number of carbonyl (C=O) groups excluding carboxylic acids is 2. The highest BCUT2D eigenvalue weighted by Crippen LogP contribution is 2.08. The van der Waals surface area contributed by atoms with Crippen LogP contribution >= 0.6 is 0 Å². The van der Waals surface area contributed by atoms with Gasteiger partial charge in [0.25, 0.3) is 0 Å². The van der Waals surface area contributed by atoms with Gasteiger partial charge in [0.1, 0.15) is 5.82 Å². The third-order valence-electron chi connectivity index (χ3n) is 2.75. The molecule has 0 saturated carbocycles. The Balaban J connectivity index is 2.39. The van der Waals surface area contributed by atoms with Crippen molar-refractivity contribution in [2.75, 3.05) is 24.1 Å². The molecule has 0 radical (unpaired) electrons. The molecular weight excluding hydrogens is 244 g/mol. The number of amides is 2. The molecule has 3 N–H and O–H groups in total. The Hall–Kier alpha value is -2.11. The van der Waals surface area contributed by atoms with Crippen molar-refractivity contribution in [3.05, 3.63) is 18.3 Å². The largest absolute Gasteiger partial charge is 0.384 e. The van der Waals surface area contributed by atoms with E-state index in [1.165, 1.54) is 6.20 Å². The van der Waals surface area contributed by atoms with Crippen molar-refractivity contribution in [1.82, 2.24) is 9.88 Å². The Morgan fingerprint density at radius 2 is 1.95 bits per heavy atom. The number of rotatable bonds is 6.